The van der Waals surface area contributed by atoms with Crippen molar-refractivity contribution in [1.29, 1.82) is 0 Å². The van der Waals surface area contributed by atoms with Crippen LogP contribution < -0.4 is 21.3 Å². The lowest BCUT2D eigenvalue weighted by Crippen LogP contribution is -2.44. The predicted molar refractivity (Wildman–Crippen MR) is 132 cm³/mol. The van der Waals surface area contributed by atoms with Gasteiger partial charge < -0.3 is 21.3 Å². The Morgan fingerprint density at radius 2 is 1.97 bits per heavy atom. The fourth-order valence-electron chi connectivity index (χ4n) is 5.20. The molecule has 0 unspecified atom stereocenters. The third-order valence-corrected chi connectivity index (χ3v) is 7.23. The monoisotopic (exact) mass is 458 g/mol. The highest BCUT2D eigenvalue weighted by Crippen LogP contribution is 2.44. The molecule has 2 saturated carbocycles. The molecule has 9 nitrogen and oxygen atoms in total. The molecular formula is C25H30N8O. The largest absolute Gasteiger partial charge is 0.353 e. The van der Waals surface area contributed by atoms with E-state index in [4.69, 9.17) is 15.7 Å². The van der Waals surface area contributed by atoms with Gasteiger partial charge in [0, 0.05) is 55.6 Å². The Morgan fingerprint density at radius 3 is 2.74 bits per heavy atom. The van der Waals surface area contributed by atoms with Crippen LogP contribution in [0.3, 0.4) is 0 Å². The highest BCUT2D eigenvalue weighted by molar-refractivity contribution is 5.95. The molecule has 6 rings (SSSR count). The van der Waals surface area contributed by atoms with E-state index in [1.165, 1.54) is 18.4 Å². The molecule has 1 aliphatic heterocycles. The van der Waals surface area contributed by atoms with Crippen molar-refractivity contribution in [2.45, 2.75) is 44.1 Å². The van der Waals surface area contributed by atoms with Crippen molar-refractivity contribution in [3.05, 3.63) is 36.3 Å². The van der Waals surface area contributed by atoms with Crippen molar-refractivity contribution >= 4 is 28.4 Å². The number of pyridine rings is 2. The lowest BCUT2D eigenvalue weighted by atomic mass is 10.0. The van der Waals surface area contributed by atoms with Crippen LogP contribution in [0.25, 0.3) is 22.3 Å². The third-order valence-electron chi connectivity index (χ3n) is 7.23. The Bertz CT molecular complexity index is 1220. The maximum Gasteiger partial charge on any atom is 0.230 e. The number of nitrogens with two attached hydrogens (primary N) is 1. The Kier molecular flexibility index (Phi) is 5.58. The minimum absolute atomic E-state index is 0.0612. The van der Waals surface area contributed by atoms with Gasteiger partial charge in [-0.3, -0.25) is 9.78 Å². The van der Waals surface area contributed by atoms with Gasteiger partial charge >= 0.3 is 0 Å². The first-order valence-electron chi connectivity index (χ1n) is 12.3. The molecule has 0 spiro atoms. The van der Waals surface area contributed by atoms with Gasteiger partial charge in [0.05, 0.1) is 17.6 Å². The molecule has 3 aromatic rings. The molecular weight excluding hydrogens is 428 g/mol. The predicted octanol–water partition coefficient (Wildman–Crippen LogP) is 2.44. The summed E-state index contributed by atoms with van der Waals surface area (Å²) >= 11 is 0. The van der Waals surface area contributed by atoms with Gasteiger partial charge in [0.25, 0.3) is 0 Å². The van der Waals surface area contributed by atoms with Gasteiger partial charge in [-0.2, -0.15) is 0 Å². The van der Waals surface area contributed by atoms with E-state index in [0.717, 1.165) is 67.7 Å². The third kappa shape index (κ3) is 4.10. The van der Waals surface area contributed by atoms with E-state index in [1.54, 1.807) is 6.20 Å². The highest BCUT2D eigenvalue weighted by Gasteiger charge is 2.31. The zero-order valence-electron chi connectivity index (χ0n) is 19.2. The molecule has 3 fully saturated rings. The lowest BCUT2D eigenvalue weighted by molar-refractivity contribution is -0.120. The summed E-state index contributed by atoms with van der Waals surface area (Å²) in [7, 11) is 0. The number of fused-ring (bicyclic) bond motifs is 1. The van der Waals surface area contributed by atoms with Gasteiger partial charge in [-0.25, -0.2) is 15.0 Å². The molecule has 0 bridgehead atoms. The van der Waals surface area contributed by atoms with Crippen LogP contribution >= 0.6 is 0 Å². The molecule has 9 heteroatoms. The van der Waals surface area contributed by atoms with Crippen LogP contribution in [0.2, 0.25) is 0 Å². The smallest absolute Gasteiger partial charge is 0.230 e. The van der Waals surface area contributed by atoms with Crippen LogP contribution in [-0.4, -0.2) is 58.1 Å². The summed E-state index contributed by atoms with van der Waals surface area (Å²) in [6.45, 7) is 3.66. The maximum absolute atomic E-state index is 12.7. The number of hydrogen-bond donors (Lipinski definition) is 3. The first-order valence-corrected chi connectivity index (χ1v) is 12.3. The molecule has 4 heterocycles. The number of aromatic nitrogens is 4. The average Bonchev–Trinajstić information content (AvgIpc) is 3.63. The van der Waals surface area contributed by atoms with E-state index < -0.39 is 0 Å². The van der Waals surface area contributed by atoms with Crippen molar-refractivity contribution in [3.8, 4) is 11.4 Å². The Balaban J connectivity index is 1.38. The molecule has 3 aromatic heterocycles. The normalized spacial score (nSPS) is 22.8. The summed E-state index contributed by atoms with van der Waals surface area (Å²) in [5, 5.41) is 7.51. The second-order valence-corrected chi connectivity index (χ2v) is 9.63. The summed E-state index contributed by atoms with van der Waals surface area (Å²) in [5.74, 6) is 2.43. The highest BCUT2D eigenvalue weighted by atomic mass is 16.2. The van der Waals surface area contributed by atoms with E-state index in [9.17, 15) is 4.79 Å². The van der Waals surface area contributed by atoms with Crippen molar-refractivity contribution < 1.29 is 4.79 Å². The van der Waals surface area contributed by atoms with Crippen LogP contribution in [0.15, 0.2) is 30.7 Å². The fourth-order valence-corrected chi connectivity index (χ4v) is 5.20. The lowest BCUT2D eigenvalue weighted by Gasteiger charge is -2.30. The summed E-state index contributed by atoms with van der Waals surface area (Å²) in [6, 6.07) is 3.65. The van der Waals surface area contributed by atoms with E-state index in [2.05, 4.69) is 25.5 Å². The first kappa shape index (κ1) is 21.4. The summed E-state index contributed by atoms with van der Waals surface area (Å²) in [4.78, 5) is 33.9. The van der Waals surface area contributed by atoms with E-state index in [1.807, 2.05) is 24.5 Å². The summed E-state index contributed by atoms with van der Waals surface area (Å²) < 4.78 is 0. The average molecular weight is 459 g/mol. The van der Waals surface area contributed by atoms with Gasteiger partial charge in [-0.05, 0) is 49.3 Å². The number of anilines is 2. The minimum Gasteiger partial charge on any atom is -0.353 e. The number of nitrogens with one attached hydrogen (secondary N) is 2. The van der Waals surface area contributed by atoms with Crippen molar-refractivity contribution in [2.75, 3.05) is 36.4 Å². The molecule has 2 aliphatic carbocycles. The minimum atomic E-state index is -0.159. The van der Waals surface area contributed by atoms with Gasteiger partial charge in [0.1, 0.15) is 11.6 Å². The van der Waals surface area contributed by atoms with Crippen LogP contribution in [0.5, 0.6) is 0 Å². The van der Waals surface area contributed by atoms with Gasteiger partial charge in [-0.1, -0.05) is 6.42 Å². The maximum atomic E-state index is 12.7. The first-order chi connectivity index (χ1) is 16.7. The molecule has 1 amide bonds. The summed E-state index contributed by atoms with van der Waals surface area (Å²) in [6.07, 6.45) is 10.6. The number of hydrogen-bond acceptors (Lipinski definition) is 8. The molecule has 34 heavy (non-hydrogen) atoms. The second-order valence-electron chi connectivity index (χ2n) is 9.63. The van der Waals surface area contributed by atoms with E-state index >= 15 is 0 Å². The van der Waals surface area contributed by atoms with Crippen molar-refractivity contribution in [2.24, 2.45) is 11.7 Å². The topological polar surface area (TPSA) is 122 Å². The molecule has 0 aromatic carbocycles. The molecule has 1 saturated heterocycles. The molecule has 2 atom stereocenters. The molecule has 4 N–H and O–H groups in total. The number of carbonyl (C=O) groups is 1. The summed E-state index contributed by atoms with van der Waals surface area (Å²) in [5.41, 5.74) is 9.05. The number of rotatable bonds is 5. The van der Waals surface area contributed by atoms with E-state index in [-0.39, 0.29) is 17.9 Å². The van der Waals surface area contributed by atoms with E-state index in [0.29, 0.717) is 17.6 Å². The molecule has 3 aliphatic rings. The van der Waals surface area contributed by atoms with Crippen LogP contribution in [0.1, 0.15) is 43.6 Å². The number of amides is 1. The van der Waals surface area contributed by atoms with Crippen LogP contribution in [0.4, 0.5) is 11.6 Å². The van der Waals surface area contributed by atoms with Gasteiger partial charge in [-0.15, -0.1) is 0 Å². The number of piperazine rings is 1. The van der Waals surface area contributed by atoms with Crippen LogP contribution in [-0.2, 0) is 4.79 Å². The fraction of sp³-hybridized carbons (Fsp3) is 0.480. The van der Waals surface area contributed by atoms with Crippen LogP contribution in [0, 0.1) is 5.92 Å². The number of carbonyl (C=O) groups excluding carboxylic acids is 1. The standard InChI is InChI=1S/C25H30N8O/c26-19-3-1-2-17(19)25(34)31-21-12-16(6-7-29-21)23-30-20-14-28-13-18(15-4-5-15)22(20)24(32-23)33-10-8-27-9-11-33/h6-7,12-15,17,19,27H,1-5,8-11,26H2,(H,29,31,34)/t17-,19+/m1/s1. The van der Waals surface area contributed by atoms with Crippen molar-refractivity contribution in [1.82, 2.24) is 25.3 Å². The van der Waals surface area contributed by atoms with Gasteiger partial charge in [0.2, 0.25) is 5.91 Å². The number of nitrogens with zero attached hydrogens (tertiary/aromatic N) is 5. The Morgan fingerprint density at radius 1 is 1.12 bits per heavy atom. The Hall–Kier alpha value is -3.17. The quantitative estimate of drug-likeness (QED) is 0.533. The second kappa shape index (κ2) is 8.88. The Labute approximate surface area is 198 Å². The molecule has 176 valence electrons. The van der Waals surface area contributed by atoms with Gasteiger partial charge in [0.15, 0.2) is 5.82 Å². The zero-order valence-corrected chi connectivity index (χ0v) is 19.2. The SMILES string of the molecule is N[C@H]1CCC[C@H]1C(=O)Nc1cc(-c2nc(N3CCNCC3)c3c(C4CC4)cncc3n2)ccn1. The zero-order chi connectivity index (χ0) is 23.1. The van der Waals surface area contributed by atoms with Crippen molar-refractivity contribution in [3.63, 3.8) is 0 Å². The molecule has 0 radical (unpaired) electrons.